The maximum atomic E-state index is 11.8. The molecule has 112 valence electrons. The number of nitrogens with one attached hydrogen (secondary N) is 1. The second-order valence-electron chi connectivity index (χ2n) is 4.45. The summed E-state index contributed by atoms with van der Waals surface area (Å²) in [6.45, 7) is 2.26. The molecule has 0 heterocycles. The first kappa shape index (κ1) is 16.9. The van der Waals surface area contributed by atoms with E-state index >= 15 is 0 Å². The third-order valence-electron chi connectivity index (χ3n) is 2.66. The molecule has 0 aliphatic heterocycles. The van der Waals surface area contributed by atoms with E-state index in [2.05, 4.69) is 21.2 Å². The summed E-state index contributed by atoms with van der Waals surface area (Å²) in [6, 6.07) is 5.44. The van der Waals surface area contributed by atoms with E-state index in [0.29, 0.717) is 18.8 Å². The summed E-state index contributed by atoms with van der Waals surface area (Å²) in [7, 11) is 1.55. The Balaban J connectivity index is 2.45. The summed E-state index contributed by atoms with van der Waals surface area (Å²) in [6.07, 6.45) is 0.452. The Labute approximate surface area is 127 Å². The number of aryl methyl sites for hydroxylation is 1. The number of hydrogen-bond donors (Lipinski definition) is 2. The summed E-state index contributed by atoms with van der Waals surface area (Å²) >= 11 is 3.39. The fourth-order valence-corrected chi connectivity index (χ4v) is 2.30. The lowest BCUT2D eigenvalue weighted by molar-refractivity contribution is -0.124. The van der Waals surface area contributed by atoms with Crippen LogP contribution in [0.5, 0.6) is 5.75 Å². The van der Waals surface area contributed by atoms with E-state index < -0.39 is 0 Å². The smallest absolute Gasteiger partial charge is 0.258 e. The molecule has 0 radical (unpaired) electrons. The minimum absolute atomic E-state index is 0.00132. The number of carbonyl (C=O) groups is 1. The molecule has 0 aliphatic rings. The van der Waals surface area contributed by atoms with Crippen molar-refractivity contribution in [1.29, 1.82) is 0 Å². The Morgan fingerprint density at radius 3 is 2.85 bits per heavy atom. The number of hydrogen-bond acceptors (Lipinski definition) is 4. The number of benzene rings is 1. The van der Waals surface area contributed by atoms with Crippen molar-refractivity contribution >= 4 is 21.8 Å². The fourth-order valence-electron chi connectivity index (χ4n) is 1.69. The van der Waals surface area contributed by atoms with Crippen molar-refractivity contribution in [2.75, 3.05) is 26.9 Å². The van der Waals surface area contributed by atoms with Crippen molar-refractivity contribution in [3.63, 3.8) is 0 Å². The van der Waals surface area contributed by atoms with Crippen molar-refractivity contribution in [3.05, 3.63) is 28.2 Å². The van der Waals surface area contributed by atoms with E-state index in [0.717, 1.165) is 10.0 Å². The highest BCUT2D eigenvalue weighted by atomic mass is 79.9. The van der Waals surface area contributed by atoms with Gasteiger partial charge in [-0.05, 0) is 47.0 Å². The van der Waals surface area contributed by atoms with Crippen LogP contribution in [-0.2, 0) is 9.53 Å². The number of aliphatic hydroxyl groups is 1. The number of rotatable bonds is 8. The lowest BCUT2D eigenvalue weighted by Crippen LogP contribution is -2.41. The number of ether oxygens (including phenoxy) is 2. The van der Waals surface area contributed by atoms with Crippen molar-refractivity contribution in [2.24, 2.45) is 0 Å². The quantitative estimate of drug-likeness (QED) is 0.751. The second kappa shape index (κ2) is 8.94. The van der Waals surface area contributed by atoms with Crippen molar-refractivity contribution in [2.45, 2.75) is 19.4 Å². The molecule has 1 aromatic carbocycles. The Morgan fingerprint density at radius 1 is 1.50 bits per heavy atom. The Kier molecular flexibility index (Phi) is 7.58. The molecule has 6 heteroatoms. The van der Waals surface area contributed by atoms with E-state index in [9.17, 15) is 4.79 Å². The van der Waals surface area contributed by atoms with Gasteiger partial charge in [0.1, 0.15) is 5.75 Å². The summed E-state index contributed by atoms with van der Waals surface area (Å²) in [5.74, 6) is 0.379. The fraction of sp³-hybridized carbons (Fsp3) is 0.500. The molecule has 0 aromatic heterocycles. The van der Waals surface area contributed by atoms with Crippen LogP contribution in [0.15, 0.2) is 22.7 Å². The summed E-state index contributed by atoms with van der Waals surface area (Å²) in [5.41, 5.74) is 1.11. The predicted molar refractivity (Wildman–Crippen MR) is 79.9 cm³/mol. The molecule has 0 saturated carbocycles. The van der Waals surface area contributed by atoms with Gasteiger partial charge >= 0.3 is 0 Å². The zero-order valence-electron chi connectivity index (χ0n) is 11.7. The van der Waals surface area contributed by atoms with Crippen LogP contribution in [0.1, 0.15) is 12.0 Å². The molecule has 0 bridgehead atoms. The largest absolute Gasteiger partial charge is 0.483 e. The molecule has 0 spiro atoms. The highest BCUT2D eigenvalue weighted by molar-refractivity contribution is 9.10. The van der Waals surface area contributed by atoms with Crippen LogP contribution >= 0.6 is 15.9 Å². The van der Waals surface area contributed by atoms with Gasteiger partial charge in [-0.25, -0.2) is 0 Å². The first-order valence-electron chi connectivity index (χ1n) is 6.35. The molecule has 0 aliphatic carbocycles. The van der Waals surface area contributed by atoms with Crippen LogP contribution in [0, 0.1) is 6.92 Å². The molecule has 1 amide bonds. The summed E-state index contributed by atoms with van der Waals surface area (Å²) < 4.78 is 11.2. The number of carbonyl (C=O) groups excluding carboxylic acids is 1. The lowest BCUT2D eigenvalue weighted by atomic mass is 10.2. The van der Waals surface area contributed by atoms with Crippen LogP contribution in [0.2, 0.25) is 0 Å². The lowest BCUT2D eigenvalue weighted by Gasteiger charge is -2.17. The van der Waals surface area contributed by atoms with Gasteiger partial charge in [0.2, 0.25) is 0 Å². The van der Waals surface area contributed by atoms with E-state index in [-0.39, 0.29) is 25.2 Å². The molecule has 1 aromatic rings. The van der Waals surface area contributed by atoms with Gasteiger partial charge in [-0.1, -0.05) is 6.07 Å². The first-order valence-corrected chi connectivity index (χ1v) is 7.14. The molecule has 0 saturated heterocycles. The average molecular weight is 346 g/mol. The summed E-state index contributed by atoms with van der Waals surface area (Å²) in [4.78, 5) is 11.8. The third-order valence-corrected chi connectivity index (χ3v) is 3.28. The summed E-state index contributed by atoms with van der Waals surface area (Å²) in [5, 5.41) is 11.7. The molecule has 20 heavy (non-hydrogen) atoms. The van der Waals surface area contributed by atoms with E-state index in [1.54, 1.807) is 7.11 Å². The number of aliphatic hydroxyl groups excluding tert-OH is 1. The second-order valence-corrected chi connectivity index (χ2v) is 5.31. The van der Waals surface area contributed by atoms with Crippen LogP contribution in [0.4, 0.5) is 0 Å². The van der Waals surface area contributed by atoms with Gasteiger partial charge in [0.25, 0.3) is 5.91 Å². The van der Waals surface area contributed by atoms with Gasteiger partial charge in [-0.2, -0.15) is 0 Å². The molecule has 1 rings (SSSR count). The van der Waals surface area contributed by atoms with Crippen molar-refractivity contribution in [3.8, 4) is 5.75 Å². The van der Waals surface area contributed by atoms with E-state index in [1.807, 2.05) is 25.1 Å². The van der Waals surface area contributed by atoms with Crippen molar-refractivity contribution < 1.29 is 19.4 Å². The molecular weight excluding hydrogens is 326 g/mol. The Bertz CT molecular complexity index is 433. The third kappa shape index (κ3) is 5.90. The normalized spacial score (nSPS) is 12.0. The highest BCUT2D eigenvalue weighted by Crippen LogP contribution is 2.25. The van der Waals surface area contributed by atoms with E-state index in [4.69, 9.17) is 14.6 Å². The average Bonchev–Trinajstić information content (AvgIpc) is 2.38. The predicted octanol–water partition coefficient (Wildman–Crippen LogP) is 1.65. The SMILES string of the molecule is COCC(CCO)NC(=O)COc1ccc(C)cc1Br. The number of halogens is 1. The molecule has 2 N–H and O–H groups in total. The zero-order chi connectivity index (χ0) is 15.0. The molecule has 1 atom stereocenters. The van der Waals surface area contributed by atoms with Gasteiger partial charge in [-0.3, -0.25) is 4.79 Å². The van der Waals surface area contributed by atoms with Gasteiger partial charge in [0.05, 0.1) is 17.1 Å². The van der Waals surface area contributed by atoms with Crippen molar-refractivity contribution in [1.82, 2.24) is 5.32 Å². The van der Waals surface area contributed by atoms with Gasteiger partial charge < -0.3 is 19.9 Å². The Hall–Kier alpha value is -1.11. The minimum Gasteiger partial charge on any atom is -0.483 e. The number of amides is 1. The van der Waals surface area contributed by atoms with Crippen LogP contribution in [0.3, 0.4) is 0 Å². The van der Waals surface area contributed by atoms with Crippen LogP contribution < -0.4 is 10.1 Å². The molecular formula is C14H20BrNO4. The maximum absolute atomic E-state index is 11.8. The standard InChI is InChI=1S/C14H20BrNO4/c1-10-3-4-13(12(15)7-10)20-9-14(18)16-11(5-6-17)8-19-2/h3-4,7,11,17H,5-6,8-9H2,1-2H3,(H,16,18). The van der Waals surface area contributed by atoms with Gasteiger partial charge in [-0.15, -0.1) is 0 Å². The minimum atomic E-state index is -0.243. The van der Waals surface area contributed by atoms with E-state index in [1.165, 1.54) is 0 Å². The zero-order valence-corrected chi connectivity index (χ0v) is 13.3. The van der Waals surface area contributed by atoms with Gasteiger partial charge in [0.15, 0.2) is 6.61 Å². The van der Waals surface area contributed by atoms with Gasteiger partial charge in [0, 0.05) is 13.7 Å². The highest BCUT2D eigenvalue weighted by Gasteiger charge is 2.12. The van der Waals surface area contributed by atoms with Crippen LogP contribution in [0.25, 0.3) is 0 Å². The molecule has 5 nitrogen and oxygen atoms in total. The van der Waals surface area contributed by atoms with Crippen LogP contribution in [-0.4, -0.2) is 44.0 Å². The molecule has 0 fully saturated rings. The topological polar surface area (TPSA) is 67.8 Å². The molecule has 1 unspecified atom stereocenters. The first-order chi connectivity index (χ1) is 9.56. The monoisotopic (exact) mass is 345 g/mol. The maximum Gasteiger partial charge on any atom is 0.258 e. The Morgan fingerprint density at radius 2 is 2.25 bits per heavy atom. The number of methoxy groups -OCH3 is 1.